The standard InChI is InChI=1S/C23H22N3OS2.K/c1-13(10-24)19-9-18(15-7-5-14(6-8-15)16-11-27-12-16)20-21(25)23(29-22(20)26-19)28-17-3-2-4-17;/h1,5-10,16-17,24H,2-4,11-12,25H2;/q-1;+1. The molecule has 1 aromatic carbocycles. The molecule has 1 saturated heterocycles. The maximum atomic E-state index is 7.54. The fraction of sp³-hybridized carbons (Fsp3) is 0.304. The van der Waals surface area contributed by atoms with Gasteiger partial charge in [0, 0.05) is 16.6 Å². The number of nitrogens with one attached hydrogen (secondary N) is 1. The van der Waals surface area contributed by atoms with Gasteiger partial charge in [0.25, 0.3) is 0 Å². The van der Waals surface area contributed by atoms with Crippen molar-refractivity contribution in [3.63, 3.8) is 0 Å². The van der Waals surface area contributed by atoms with Gasteiger partial charge in [-0.05, 0) is 35.2 Å². The summed E-state index contributed by atoms with van der Waals surface area (Å²) in [6.45, 7) is 7.64. The number of benzene rings is 1. The van der Waals surface area contributed by atoms with E-state index < -0.39 is 0 Å². The van der Waals surface area contributed by atoms with Crippen molar-refractivity contribution in [1.82, 2.24) is 4.98 Å². The molecule has 2 aliphatic rings. The third-order valence-corrected chi connectivity index (χ3v) is 8.44. The molecule has 5 rings (SSSR count). The molecule has 2 aromatic heterocycles. The molecular formula is C23H22KN3OS2. The predicted molar refractivity (Wildman–Crippen MR) is 123 cm³/mol. The number of fused-ring (bicyclic) bond motifs is 1. The van der Waals surface area contributed by atoms with E-state index in [-0.39, 0.29) is 51.4 Å². The van der Waals surface area contributed by atoms with E-state index in [1.54, 1.807) is 11.3 Å². The van der Waals surface area contributed by atoms with Gasteiger partial charge in [0.2, 0.25) is 0 Å². The number of hydrogen-bond donors (Lipinski definition) is 2. The van der Waals surface area contributed by atoms with Crippen molar-refractivity contribution in [2.75, 3.05) is 18.9 Å². The van der Waals surface area contributed by atoms with Gasteiger partial charge in [0.1, 0.15) is 4.83 Å². The maximum Gasteiger partial charge on any atom is 1.00 e. The Hall–Kier alpha value is -0.514. The number of allylic oxidation sites excluding steroid dienone is 1. The van der Waals surface area contributed by atoms with Crippen LogP contribution in [-0.4, -0.2) is 29.7 Å². The summed E-state index contributed by atoms with van der Waals surface area (Å²) >= 11 is 3.52. The molecule has 0 atom stereocenters. The van der Waals surface area contributed by atoms with Crippen molar-refractivity contribution in [3.8, 4) is 11.1 Å². The molecule has 1 saturated carbocycles. The zero-order valence-electron chi connectivity index (χ0n) is 17.0. The topological polar surface area (TPSA) is 72.0 Å². The molecule has 0 spiro atoms. The molecule has 0 unspecified atom stereocenters. The second kappa shape index (κ2) is 9.54. The average Bonchev–Trinajstić information content (AvgIpc) is 2.98. The molecule has 148 valence electrons. The molecule has 4 nitrogen and oxygen atoms in total. The number of thiophene rings is 1. The number of pyridine rings is 1. The Morgan fingerprint density at radius 3 is 2.57 bits per heavy atom. The van der Waals surface area contributed by atoms with Crippen molar-refractivity contribution >= 4 is 50.8 Å². The number of thioether (sulfide) groups is 1. The van der Waals surface area contributed by atoms with Crippen molar-refractivity contribution < 1.29 is 56.1 Å². The summed E-state index contributed by atoms with van der Waals surface area (Å²) in [7, 11) is 0. The van der Waals surface area contributed by atoms with Crippen LogP contribution in [0.2, 0.25) is 0 Å². The second-order valence-electron chi connectivity index (χ2n) is 7.67. The van der Waals surface area contributed by atoms with Gasteiger partial charge in [-0.25, -0.2) is 6.58 Å². The summed E-state index contributed by atoms with van der Waals surface area (Å²) < 4.78 is 6.46. The summed E-state index contributed by atoms with van der Waals surface area (Å²) in [6, 6.07) is 10.6. The van der Waals surface area contributed by atoms with Crippen LogP contribution in [-0.2, 0) is 4.74 Å². The van der Waals surface area contributed by atoms with E-state index in [4.69, 9.17) is 27.4 Å². The van der Waals surface area contributed by atoms with Crippen molar-refractivity contribution in [3.05, 3.63) is 48.2 Å². The number of rotatable bonds is 6. The Labute approximate surface area is 227 Å². The Morgan fingerprint density at radius 1 is 1.27 bits per heavy atom. The van der Waals surface area contributed by atoms with Crippen LogP contribution in [0.15, 0.2) is 34.5 Å². The number of hydrogen-bond acceptors (Lipinski definition) is 6. The van der Waals surface area contributed by atoms with E-state index in [9.17, 15) is 0 Å². The van der Waals surface area contributed by atoms with Gasteiger partial charge in [-0.15, -0.1) is 23.1 Å². The minimum Gasteiger partial charge on any atom is -0.397 e. The van der Waals surface area contributed by atoms with Gasteiger partial charge in [-0.3, -0.25) is 0 Å². The summed E-state index contributed by atoms with van der Waals surface area (Å²) in [5.41, 5.74) is 11.8. The summed E-state index contributed by atoms with van der Waals surface area (Å²) in [5.74, 6) is 0.496. The third-order valence-electron chi connectivity index (χ3n) is 5.77. The Kier molecular flexibility index (Phi) is 7.21. The Bertz CT molecular complexity index is 1100. The first-order valence-corrected chi connectivity index (χ1v) is 11.5. The summed E-state index contributed by atoms with van der Waals surface area (Å²) in [5, 5.41) is 9.20. The minimum atomic E-state index is 0. The quantitative estimate of drug-likeness (QED) is 0.338. The molecule has 3 N–H and O–H groups in total. The first kappa shape index (κ1) is 22.7. The molecule has 2 fully saturated rings. The van der Waals surface area contributed by atoms with Gasteiger partial charge in [-0.1, -0.05) is 43.0 Å². The average molecular weight is 460 g/mol. The number of aromatic nitrogens is 1. The molecule has 1 aliphatic heterocycles. The first-order valence-electron chi connectivity index (χ1n) is 9.85. The fourth-order valence-corrected chi connectivity index (χ4v) is 6.43. The van der Waals surface area contributed by atoms with Crippen molar-refractivity contribution in [2.45, 2.75) is 34.6 Å². The van der Waals surface area contributed by atoms with Crippen LogP contribution in [0.5, 0.6) is 0 Å². The van der Waals surface area contributed by atoms with Gasteiger partial charge < -0.3 is 20.9 Å². The number of nitrogen functional groups attached to an aromatic ring is 1. The van der Waals surface area contributed by atoms with Gasteiger partial charge in [0.15, 0.2) is 0 Å². The molecule has 0 radical (unpaired) electrons. The molecule has 0 amide bonds. The third kappa shape index (κ3) is 4.23. The van der Waals surface area contributed by atoms with E-state index in [1.165, 1.54) is 24.8 Å². The zero-order valence-corrected chi connectivity index (χ0v) is 21.7. The fourth-order valence-electron chi connectivity index (χ4n) is 3.64. The second-order valence-corrected chi connectivity index (χ2v) is 10.2. The molecule has 7 heteroatoms. The monoisotopic (exact) mass is 459 g/mol. The number of anilines is 1. The van der Waals surface area contributed by atoms with Gasteiger partial charge in [0.05, 0.1) is 23.1 Å². The Balaban J connectivity index is 0.00000218. The van der Waals surface area contributed by atoms with Crippen LogP contribution >= 0.6 is 23.1 Å². The number of nitrogens with zero attached hydrogens (tertiary/aromatic N) is 1. The summed E-state index contributed by atoms with van der Waals surface area (Å²) in [6.07, 6.45) is 4.97. The van der Waals surface area contributed by atoms with Crippen molar-refractivity contribution in [2.24, 2.45) is 0 Å². The Morgan fingerprint density at radius 2 is 2.00 bits per heavy atom. The smallest absolute Gasteiger partial charge is 0.397 e. The van der Waals surface area contributed by atoms with E-state index >= 15 is 0 Å². The van der Waals surface area contributed by atoms with Crippen LogP contribution in [0.3, 0.4) is 0 Å². The van der Waals surface area contributed by atoms with Crippen molar-refractivity contribution in [1.29, 1.82) is 5.41 Å². The van der Waals surface area contributed by atoms with E-state index in [0.717, 1.165) is 50.7 Å². The van der Waals surface area contributed by atoms with E-state index in [2.05, 4.69) is 24.3 Å². The normalized spacial score (nSPS) is 16.5. The zero-order chi connectivity index (χ0) is 20.0. The SMILES string of the molecule is [CH-]=C(C=N)c1cc(-c2ccc(C3COC3)cc2)c2c(N)c(SC3CCC3)sc2n1.[K+]. The van der Waals surface area contributed by atoms with Crippen LogP contribution < -0.4 is 57.1 Å². The minimum absolute atomic E-state index is 0. The maximum absolute atomic E-state index is 7.54. The van der Waals surface area contributed by atoms with Crippen LogP contribution in [0.4, 0.5) is 5.69 Å². The van der Waals surface area contributed by atoms with E-state index in [1.807, 2.05) is 17.8 Å². The van der Waals surface area contributed by atoms with Crippen LogP contribution in [0, 0.1) is 12.0 Å². The summed E-state index contributed by atoms with van der Waals surface area (Å²) in [4.78, 5) is 5.62. The number of nitrogens with two attached hydrogens (primary N) is 1. The first-order chi connectivity index (χ1) is 14.1. The van der Waals surface area contributed by atoms with Crippen LogP contribution in [0.25, 0.3) is 26.9 Å². The number of ether oxygens (including phenoxy) is 1. The van der Waals surface area contributed by atoms with Crippen LogP contribution in [0.1, 0.15) is 36.4 Å². The predicted octanol–water partition coefficient (Wildman–Crippen LogP) is 2.77. The molecule has 3 heterocycles. The van der Waals surface area contributed by atoms with Gasteiger partial charge in [-0.2, -0.15) is 5.57 Å². The van der Waals surface area contributed by atoms with Gasteiger partial charge >= 0.3 is 51.4 Å². The molecular weight excluding hydrogens is 438 g/mol. The largest absolute Gasteiger partial charge is 1.00 e. The molecule has 1 aliphatic carbocycles. The van der Waals surface area contributed by atoms with E-state index in [0.29, 0.717) is 22.4 Å². The molecule has 3 aromatic rings. The molecule has 0 bridgehead atoms. The molecule has 30 heavy (non-hydrogen) atoms.